The average Bonchev–Trinajstić information content (AvgIpc) is 2.64. The molecule has 2 rings (SSSR count). The van der Waals surface area contributed by atoms with Gasteiger partial charge in [0.1, 0.15) is 4.99 Å². The summed E-state index contributed by atoms with van der Waals surface area (Å²) in [7, 11) is 0. The van der Waals surface area contributed by atoms with Crippen molar-refractivity contribution in [1.82, 2.24) is 4.90 Å². The molecule has 0 bridgehead atoms. The molecule has 1 atom stereocenters. The molecule has 0 saturated carbocycles. The molecule has 1 aliphatic heterocycles. The van der Waals surface area contributed by atoms with Gasteiger partial charge in [0.15, 0.2) is 0 Å². The highest BCUT2D eigenvalue weighted by Gasteiger charge is 2.20. The van der Waals surface area contributed by atoms with Gasteiger partial charge in [-0.15, -0.1) is 0 Å². The van der Waals surface area contributed by atoms with E-state index in [1.54, 1.807) is 0 Å². The molecule has 0 aromatic heterocycles. The van der Waals surface area contributed by atoms with Crippen LogP contribution in [-0.4, -0.2) is 34.2 Å². The van der Waals surface area contributed by atoms with Crippen molar-refractivity contribution in [3.8, 4) is 0 Å². The van der Waals surface area contributed by atoms with Gasteiger partial charge in [0.05, 0.1) is 6.61 Å². The Morgan fingerprint density at radius 1 is 1.26 bits per heavy atom. The third-order valence-electron chi connectivity index (χ3n) is 3.83. The fourth-order valence-electron chi connectivity index (χ4n) is 2.66. The van der Waals surface area contributed by atoms with Gasteiger partial charge in [-0.1, -0.05) is 49.3 Å². The van der Waals surface area contributed by atoms with E-state index in [1.165, 1.54) is 24.8 Å². The van der Waals surface area contributed by atoms with Crippen molar-refractivity contribution in [2.24, 2.45) is 5.73 Å². The number of benzene rings is 1. The lowest BCUT2D eigenvalue weighted by atomic mass is 10.1. The molecule has 1 aliphatic rings. The Bertz CT molecular complexity index is 419. The molecule has 3 nitrogen and oxygen atoms in total. The van der Waals surface area contributed by atoms with E-state index in [2.05, 4.69) is 17.0 Å². The highest BCUT2D eigenvalue weighted by Crippen LogP contribution is 2.19. The number of thiocarbonyl (C=S) groups is 1. The number of likely N-dealkylation sites (tertiary alicyclic amines) is 1. The maximum atomic E-state index is 9.51. The van der Waals surface area contributed by atoms with Crippen molar-refractivity contribution in [2.75, 3.05) is 13.2 Å². The van der Waals surface area contributed by atoms with Gasteiger partial charge in [-0.05, 0) is 24.9 Å². The molecule has 3 N–H and O–H groups in total. The van der Waals surface area contributed by atoms with Crippen molar-refractivity contribution < 1.29 is 5.11 Å². The molecule has 0 radical (unpaired) electrons. The summed E-state index contributed by atoms with van der Waals surface area (Å²) in [6.45, 7) is 2.22. The summed E-state index contributed by atoms with van der Waals surface area (Å²) in [5.41, 5.74) is 7.76. The quantitative estimate of drug-likeness (QED) is 0.828. The van der Waals surface area contributed by atoms with E-state index in [0.29, 0.717) is 11.0 Å². The highest BCUT2D eigenvalue weighted by molar-refractivity contribution is 7.80. The van der Waals surface area contributed by atoms with Crippen molar-refractivity contribution in [2.45, 2.75) is 38.3 Å². The van der Waals surface area contributed by atoms with Gasteiger partial charge >= 0.3 is 0 Å². The van der Waals surface area contributed by atoms with Gasteiger partial charge in [-0.2, -0.15) is 0 Å². The smallest absolute Gasteiger partial charge is 0.103 e. The maximum absolute atomic E-state index is 9.51. The van der Waals surface area contributed by atoms with E-state index in [9.17, 15) is 5.11 Å². The van der Waals surface area contributed by atoms with Gasteiger partial charge < -0.3 is 10.8 Å². The zero-order valence-electron chi connectivity index (χ0n) is 11.2. The average molecular weight is 278 g/mol. The fourth-order valence-corrected chi connectivity index (χ4v) is 2.80. The number of hydrogen-bond acceptors (Lipinski definition) is 3. The summed E-state index contributed by atoms with van der Waals surface area (Å²) < 4.78 is 0. The van der Waals surface area contributed by atoms with Gasteiger partial charge in [-0.3, -0.25) is 4.90 Å². The SMILES string of the molecule is NC(=S)c1ccc(CN2CCCCCC2CO)cc1. The van der Waals surface area contributed by atoms with Gasteiger partial charge in [0.25, 0.3) is 0 Å². The Kier molecular flexibility index (Phi) is 5.31. The molecule has 1 heterocycles. The van der Waals surface area contributed by atoms with E-state index < -0.39 is 0 Å². The zero-order valence-corrected chi connectivity index (χ0v) is 12.0. The van der Waals surface area contributed by atoms with Crippen LogP contribution in [0.1, 0.15) is 36.8 Å². The van der Waals surface area contributed by atoms with E-state index in [4.69, 9.17) is 18.0 Å². The molecular formula is C15H22N2OS. The first-order chi connectivity index (χ1) is 9.20. The Labute approximate surface area is 120 Å². The van der Waals surface area contributed by atoms with Crippen molar-refractivity contribution >= 4 is 17.2 Å². The van der Waals surface area contributed by atoms with Crippen LogP contribution in [0.4, 0.5) is 0 Å². The van der Waals surface area contributed by atoms with Crippen LogP contribution in [0.5, 0.6) is 0 Å². The first-order valence-electron chi connectivity index (χ1n) is 6.94. The Hall–Kier alpha value is -0.970. The Morgan fingerprint density at radius 2 is 2.00 bits per heavy atom. The predicted octanol–water partition coefficient (Wildman–Crippen LogP) is 2.06. The molecule has 0 aliphatic carbocycles. The number of nitrogens with zero attached hydrogens (tertiary/aromatic N) is 1. The Balaban J connectivity index is 2.03. The summed E-state index contributed by atoms with van der Waals surface area (Å²) >= 11 is 4.96. The minimum absolute atomic E-state index is 0.255. The summed E-state index contributed by atoms with van der Waals surface area (Å²) in [6.07, 6.45) is 4.82. The minimum Gasteiger partial charge on any atom is -0.395 e. The third kappa shape index (κ3) is 4.00. The second-order valence-electron chi connectivity index (χ2n) is 5.22. The molecule has 0 spiro atoms. The van der Waals surface area contributed by atoms with Crippen LogP contribution < -0.4 is 5.73 Å². The summed E-state index contributed by atoms with van der Waals surface area (Å²) in [4.78, 5) is 2.83. The summed E-state index contributed by atoms with van der Waals surface area (Å²) in [5, 5.41) is 9.51. The fraction of sp³-hybridized carbons (Fsp3) is 0.533. The van der Waals surface area contributed by atoms with Crippen LogP contribution in [0, 0.1) is 0 Å². The molecule has 1 aromatic rings. The van der Waals surface area contributed by atoms with Crippen LogP contribution in [0.3, 0.4) is 0 Å². The highest BCUT2D eigenvalue weighted by atomic mass is 32.1. The molecule has 1 unspecified atom stereocenters. The van der Waals surface area contributed by atoms with Gasteiger partial charge in [0, 0.05) is 18.2 Å². The Morgan fingerprint density at radius 3 is 2.63 bits per heavy atom. The molecule has 4 heteroatoms. The number of nitrogens with two attached hydrogens (primary N) is 1. The van der Waals surface area contributed by atoms with Crippen LogP contribution in [0.15, 0.2) is 24.3 Å². The first kappa shape index (κ1) is 14.4. The van der Waals surface area contributed by atoms with E-state index in [1.807, 2.05) is 12.1 Å². The predicted molar refractivity (Wildman–Crippen MR) is 82.1 cm³/mol. The van der Waals surface area contributed by atoms with E-state index in [-0.39, 0.29) is 6.61 Å². The van der Waals surface area contributed by atoms with Crippen LogP contribution >= 0.6 is 12.2 Å². The topological polar surface area (TPSA) is 49.5 Å². The zero-order chi connectivity index (χ0) is 13.7. The normalized spacial score (nSPS) is 21.0. The van der Waals surface area contributed by atoms with E-state index in [0.717, 1.165) is 25.1 Å². The summed E-state index contributed by atoms with van der Waals surface area (Å²) in [6, 6.07) is 8.41. The second kappa shape index (κ2) is 6.98. The lowest BCUT2D eigenvalue weighted by Crippen LogP contribution is -2.36. The monoisotopic (exact) mass is 278 g/mol. The maximum Gasteiger partial charge on any atom is 0.103 e. The largest absolute Gasteiger partial charge is 0.395 e. The van der Waals surface area contributed by atoms with Crippen LogP contribution in [0.2, 0.25) is 0 Å². The third-order valence-corrected chi connectivity index (χ3v) is 4.07. The lowest BCUT2D eigenvalue weighted by molar-refractivity contribution is 0.118. The molecule has 0 amide bonds. The standard InChI is InChI=1S/C15H22N2OS/c16-15(19)13-7-5-12(6-8-13)10-17-9-3-1-2-4-14(17)11-18/h5-8,14,18H,1-4,9-11H2,(H2,16,19). The lowest BCUT2D eigenvalue weighted by Gasteiger charge is -2.28. The molecule has 19 heavy (non-hydrogen) atoms. The number of hydrogen-bond donors (Lipinski definition) is 2. The van der Waals surface area contributed by atoms with Crippen molar-refractivity contribution in [3.63, 3.8) is 0 Å². The van der Waals surface area contributed by atoms with Crippen molar-refractivity contribution in [1.29, 1.82) is 0 Å². The second-order valence-corrected chi connectivity index (χ2v) is 5.66. The molecule has 1 aromatic carbocycles. The number of aliphatic hydroxyl groups excluding tert-OH is 1. The van der Waals surface area contributed by atoms with Gasteiger partial charge in [0.2, 0.25) is 0 Å². The van der Waals surface area contributed by atoms with E-state index >= 15 is 0 Å². The molecule has 1 fully saturated rings. The first-order valence-corrected chi connectivity index (χ1v) is 7.35. The minimum atomic E-state index is 0.255. The molecule has 1 saturated heterocycles. The van der Waals surface area contributed by atoms with Crippen molar-refractivity contribution in [3.05, 3.63) is 35.4 Å². The number of aliphatic hydroxyl groups is 1. The van der Waals surface area contributed by atoms with Crippen LogP contribution in [0.25, 0.3) is 0 Å². The number of rotatable bonds is 4. The molecule has 104 valence electrons. The van der Waals surface area contributed by atoms with Gasteiger partial charge in [-0.25, -0.2) is 0 Å². The molecular weight excluding hydrogens is 256 g/mol. The summed E-state index contributed by atoms with van der Waals surface area (Å²) in [5.74, 6) is 0. The van der Waals surface area contributed by atoms with Crippen LogP contribution in [-0.2, 0) is 6.54 Å².